The fourth-order valence-electron chi connectivity index (χ4n) is 1.01. The number of carbonyl (C=O) groups excluding carboxylic acids is 1. The Morgan fingerprint density at radius 3 is 2.86 bits per heavy atom. The van der Waals surface area contributed by atoms with E-state index < -0.39 is 5.82 Å². The molecular formula is C9H10BrFN2O. The molecule has 76 valence electrons. The van der Waals surface area contributed by atoms with Gasteiger partial charge in [0.25, 0.3) is 5.91 Å². The van der Waals surface area contributed by atoms with Gasteiger partial charge in [0.2, 0.25) is 0 Å². The van der Waals surface area contributed by atoms with Crippen LogP contribution in [-0.4, -0.2) is 12.5 Å². The van der Waals surface area contributed by atoms with E-state index in [4.69, 9.17) is 5.73 Å². The summed E-state index contributed by atoms with van der Waals surface area (Å²) in [5.41, 5.74) is 5.91. The molecule has 0 saturated carbocycles. The molecular weight excluding hydrogens is 251 g/mol. The van der Waals surface area contributed by atoms with E-state index in [2.05, 4.69) is 21.2 Å². The number of benzene rings is 1. The predicted molar refractivity (Wildman–Crippen MR) is 56.5 cm³/mol. The number of rotatable bonds is 2. The molecule has 0 unspecified atom stereocenters. The molecule has 3 nitrogen and oxygen atoms in total. The Morgan fingerprint density at radius 1 is 1.64 bits per heavy atom. The van der Waals surface area contributed by atoms with Gasteiger partial charge in [-0.2, -0.15) is 0 Å². The number of amides is 1. The number of halogens is 2. The molecule has 0 atom stereocenters. The molecule has 0 heterocycles. The third-order valence-corrected chi connectivity index (χ3v) is 2.28. The Bertz CT molecular complexity index is 368. The summed E-state index contributed by atoms with van der Waals surface area (Å²) in [5, 5.41) is 2.59. The molecule has 0 radical (unpaired) electrons. The van der Waals surface area contributed by atoms with Crippen LogP contribution < -0.4 is 11.1 Å². The van der Waals surface area contributed by atoms with Gasteiger partial charge in [0.05, 0.1) is 10.0 Å². The Morgan fingerprint density at radius 2 is 2.29 bits per heavy atom. The molecule has 0 aliphatic rings. The second-order valence-corrected chi connectivity index (χ2v) is 3.57. The first-order chi connectivity index (χ1) is 6.56. The van der Waals surface area contributed by atoms with Crippen LogP contribution in [0, 0.1) is 5.82 Å². The van der Waals surface area contributed by atoms with E-state index in [9.17, 15) is 9.18 Å². The molecule has 0 saturated heterocycles. The average molecular weight is 261 g/mol. The molecule has 1 rings (SSSR count). The molecule has 1 aromatic carbocycles. The minimum Gasteiger partial charge on any atom is -0.398 e. The molecule has 0 aromatic heterocycles. The summed E-state index contributed by atoms with van der Waals surface area (Å²) < 4.78 is 13.2. The largest absolute Gasteiger partial charge is 0.398 e. The average Bonchev–Trinajstić information content (AvgIpc) is 2.11. The van der Waals surface area contributed by atoms with Crippen LogP contribution in [0.25, 0.3) is 0 Å². The van der Waals surface area contributed by atoms with Gasteiger partial charge < -0.3 is 11.1 Å². The van der Waals surface area contributed by atoms with E-state index in [0.29, 0.717) is 6.54 Å². The monoisotopic (exact) mass is 260 g/mol. The fourth-order valence-corrected chi connectivity index (χ4v) is 1.36. The van der Waals surface area contributed by atoms with Crippen LogP contribution in [0.1, 0.15) is 17.3 Å². The maximum absolute atomic E-state index is 13.0. The van der Waals surface area contributed by atoms with Crippen molar-refractivity contribution in [2.24, 2.45) is 0 Å². The third-order valence-electron chi connectivity index (χ3n) is 1.67. The van der Waals surface area contributed by atoms with Crippen molar-refractivity contribution in [1.29, 1.82) is 0 Å². The summed E-state index contributed by atoms with van der Waals surface area (Å²) in [6.45, 7) is 2.31. The van der Waals surface area contributed by atoms with Crippen molar-refractivity contribution in [3.05, 3.63) is 28.0 Å². The first-order valence-corrected chi connectivity index (χ1v) is 4.88. The van der Waals surface area contributed by atoms with Crippen molar-refractivity contribution in [3.63, 3.8) is 0 Å². The summed E-state index contributed by atoms with van der Waals surface area (Å²) in [6, 6.07) is 2.49. The van der Waals surface area contributed by atoms with E-state index >= 15 is 0 Å². The van der Waals surface area contributed by atoms with Crippen LogP contribution in [0.2, 0.25) is 0 Å². The van der Waals surface area contributed by atoms with E-state index in [1.165, 1.54) is 6.07 Å². The van der Waals surface area contributed by atoms with Gasteiger partial charge in [-0.15, -0.1) is 0 Å². The highest BCUT2D eigenvalue weighted by atomic mass is 79.9. The van der Waals surface area contributed by atoms with E-state index in [0.717, 1.165) is 6.07 Å². The minimum absolute atomic E-state index is 0.136. The highest BCUT2D eigenvalue weighted by Gasteiger charge is 2.11. The van der Waals surface area contributed by atoms with Crippen molar-refractivity contribution in [2.75, 3.05) is 12.3 Å². The zero-order valence-corrected chi connectivity index (χ0v) is 9.19. The molecule has 0 aliphatic heterocycles. The highest BCUT2D eigenvalue weighted by Crippen LogP contribution is 2.22. The number of hydrogen-bond acceptors (Lipinski definition) is 2. The fraction of sp³-hybridized carbons (Fsp3) is 0.222. The summed E-state index contributed by atoms with van der Waals surface area (Å²) >= 11 is 2.99. The quantitative estimate of drug-likeness (QED) is 0.799. The maximum Gasteiger partial charge on any atom is 0.253 e. The molecule has 14 heavy (non-hydrogen) atoms. The van der Waals surface area contributed by atoms with Gasteiger partial charge in [0.1, 0.15) is 5.82 Å². The van der Waals surface area contributed by atoms with Crippen LogP contribution in [0.3, 0.4) is 0 Å². The molecule has 5 heteroatoms. The van der Waals surface area contributed by atoms with E-state index in [1.807, 2.05) is 0 Å². The van der Waals surface area contributed by atoms with Crippen molar-refractivity contribution in [2.45, 2.75) is 6.92 Å². The number of hydrogen-bond donors (Lipinski definition) is 2. The van der Waals surface area contributed by atoms with Crippen LogP contribution >= 0.6 is 15.9 Å². The molecule has 1 aromatic rings. The predicted octanol–water partition coefficient (Wildman–Crippen LogP) is 1.92. The molecule has 0 bridgehead atoms. The smallest absolute Gasteiger partial charge is 0.253 e. The Balaban J connectivity index is 3.09. The van der Waals surface area contributed by atoms with Gasteiger partial charge in [0, 0.05) is 12.2 Å². The molecule has 0 fully saturated rings. The van der Waals surface area contributed by atoms with Gasteiger partial charge in [-0.1, -0.05) is 0 Å². The third kappa shape index (κ3) is 2.23. The molecule has 1 amide bonds. The number of nitrogen functional groups attached to an aromatic ring is 1. The minimum atomic E-state index is -0.476. The zero-order valence-electron chi connectivity index (χ0n) is 7.60. The van der Waals surface area contributed by atoms with Crippen LogP contribution in [0.15, 0.2) is 16.6 Å². The lowest BCUT2D eigenvalue weighted by molar-refractivity contribution is 0.0956. The lowest BCUT2D eigenvalue weighted by Crippen LogP contribution is -2.23. The maximum atomic E-state index is 13.0. The van der Waals surface area contributed by atoms with E-state index in [1.54, 1.807) is 6.92 Å². The highest BCUT2D eigenvalue weighted by molar-refractivity contribution is 9.10. The topological polar surface area (TPSA) is 55.1 Å². The Kier molecular flexibility index (Phi) is 3.46. The van der Waals surface area contributed by atoms with Crippen LogP contribution in [0.4, 0.5) is 10.1 Å². The summed E-state index contributed by atoms with van der Waals surface area (Å²) in [6.07, 6.45) is 0. The second-order valence-electron chi connectivity index (χ2n) is 2.71. The van der Waals surface area contributed by atoms with Gasteiger partial charge in [0.15, 0.2) is 0 Å². The number of nitrogens with one attached hydrogen (secondary N) is 1. The first-order valence-electron chi connectivity index (χ1n) is 4.09. The normalized spacial score (nSPS) is 9.93. The van der Waals surface area contributed by atoms with Crippen molar-refractivity contribution < 1.29 is 9.18 Å². The summed E-state index contributed by atoms with van der Waals surface area (Å²) in [7, 11) is 0. The number of nitrogens with two attached hydrogens (primary N) is 1. The number of anilines is 1. The van der Waals surface area contributed by atoms with Crippen LogP contribution in [0.5, 0.6) is 0 Å². The Hall–Kier alpha value is -1.10. The Labute approximate surface area is 89.6 Å². The van der Waals surface area contributed by atoms with Gasteiger partial charge in [-0.05, 0) is 35.0 Å². The van der Waals surface area contributed by atoms with Gasteiger partial charge in [-0.25, -0.2) is 4.39 Å². The summed E-state index contributed by atoms with van der Waals surface area (Å²) in [4.78, 5) is 11.4. The molecule has 0 spiro atoms. The lowest BCUT2D eigenvalue weighted by atomic mass is 10.1. The van der Waals surface area contributed by atoms with Gasteiger partial charge in [-0.3, -0.25) is 4.79 Å². The zero-order chi connectivity index (χ0) is 10.7. The summed E-state index contributed by atoms with van der Waals surface area (Å²) in [5.74, 6) is -0.777. The molecule has 3 N–H and O–H groups in total. The lowest BCUT2D eigenvalue weighted by Gasteiger charge is -2.06. The number of carbonyl (C=O) groups is 1. The standard InChI is InChI=1S/C9H10BrFN2O/c1-2-13-9(14)5-3-6(10)7(11)4-8(5)12/h3-4H,2,12H2,1H3,(H,13,14). The molecule has 0 aliphatic carbocycles. The van der Waals surface area contributed by atoms with Gasteiger partial charge >= 0.3 is 0 Å². The van der Waals surface area contributed by atoms with Crippen molar-refractivity contribution in [1.82, 2.24) is 5.32 Å². The SMILES string of the molecule is CCNC(=O)c1cc(Br)c(F)cc1N. The van der Waals surface area contributed by atoms with Crippen molar-refractivity contribution in [3.8, 4) is 0 Å². The van der Waals surface area contributed by atoms with Crippen LogP contribution in [-0.2, 0) is 0 Å². The first kappa shape index (κ1) is 11.0. The second kappa shape index (κ2) is 4.41. The van der Waals surface area contributed by atoms with E-state index in [-0.39, 0.29) is 21.6 Å². The van der Waals surface area contributed by atoms with Crippen molar-refractivity contribution >= 4 is 27.5 Å².